The number of amides is 4. The quantitative estimate of drug-likeness (QED) is 0.0475. The molecule has 2 saturated heterocycles. The highest BCUT2D eigenvalue weighted by atomic mass is 32.1. The molecule has 4 amide bonds. The summed E-state index contributed by atoms with van der Waals surface area (Å²) in [6.45, 7) is 23.3. The summed E-state index contributed by atoms with van der Waals surface area (Å²) in [5.74, 6) is -0.694. The summed E-state index contributed by atoms with van der Waals surface area (Å²) in [5.41, 5.74) is 8.81. The van der Waals surface area contributed by atoms with E-state index in [0.29, 0.717) is 68.9 Å². The van der Waals surface area contributed by atoms with Crippen LogP contribution in [0.3, 0.4) is 0 Å². The van der Waals surface area contributed by atoms with E-state index in [2.05, 4.69) is 49.5 Å². The molecular formula is C71H88N14O8S2. The van der Waals surface area contributed by atoms with E-state index in [0.717, 1.165) is 117 Å². The molecule has 95 heavy (non-hydrogen) atoms. The lowest BCUT2D eigenvalue weighted by Crippen LogP contribution is -2.64. The Balaban J connectivity index is 0.593. The monoisotopic (exact) mass is 1330 g/mol. The number of carbonyl (C=O) groups is 5. The number of anilines is 4. The molecule has 6 fully saturated rings. The average molecular weight is 1330 g/mol. The number of aromatic carboxylic acids is 1. The van der Waals surface area contributed by atoms with Crippen molar-refractivity contribution in [2.24, 2.45) is 21.7 Å². The molecule has 7 aliphatic rings. The number of thiazole rings is 2. The van der Waals surface area contributed by atoms with Crippen LogP contribution >= 0.6 is 22.7 Å². The Morgan fingerprint density at radius 3 is 2.29 bits per heavy atom. The molecular weight excluding hydrogens is 1240 g/mol. The van der Waals surface area contributed by atoms with Crippen LogP contribution in [0.1, 0.15) is 150 Å². The molecule has 2 aromatic carbocycles. The smallest absolute Gasteiger partial charge is 0.355 e. The number of nitrogens with zero attached hydrogens (tertiary/aromatic N) is 11. The zero-order valence-corrected chi connectivity index (χ0v) is 57.6. The van der Waals surface area contributed by atoms with Crippen LogP contribution in [0.4, 0.5) is 22.6 Å². The number of hydrogen-bond donors (Lipinski definition) is 5. The molecule has 5 aromatic heterocycles. The molecule has 3 aliphatic heterocycles. The maximum absolute atomic E-state index is 14.4. The van der Waals surface area contributed by atoms with Gasteiger partial charge in [-0.1, -0.05) is 82.4 Å². The highest BCUT2D eigenvalue weighted by Gasteiger charge is 2.66. The molecule has 2 unspecified atom stereocenters. The maximum Gasteiger partial charge on any atom is 0.355 e. The van der Waals surface area contributed by atoms with Gasteiger partial charge in [-0.2, -0.15) is 5.10 Å². The van der Waals surface area contributed by atoms with Gasteiger partial charge in [-0.05, 0) is 136 Å². The van der Waals surface area contributed by atoms with Crippen LogP contribution in [0.5, 0.6) is 0 Å². The highest BCUT2D eigenvalue weighted by molar-refractivity contribution is 7.22. The van der Waals surface area contributed by atoms with Gasteiger partial charge in [0, 0.05) is 99.6 Å². The maximum atomic E-state index is 14.4. The van der Waals surface area contributed by atoms with E-state index in [-0.39, 0.29) is 71.2 Å². The topological polar surface area (TPSA) is 266 Å². The van der Waals surface area contributed by atoms with E-state index in [4.69, 9.17) is 24.9 Å². The minimum Gasteiger partial charge on any atom is -0.476 e. The number of hydrogen-bond acceptors (Lipinski definition) is 18. The van der Waals surface area contributed by atoms with E-state index in [1.807, 2.05) is 124 Å². The number of β-amino-alcohol motifs (C(OH)–C–C–N with tert-alkyl or cyclic N) is 1. The number of ether oxygens (including phenoxy) is 1. The Bertz CT molecular complexity index is 4040. The lowest BCUT2D eigenvalue weighted by Gasteiger charge is -2.69. The lowest BCUT2D eigenvalue weighted by atomic mass is 9.39. The first-order chi connectivity index (χ1) is 45.3. The number of aliphatic hydroxyl groups excluding tert-OH is 1. The molecule has 7 aromatic rings. The first-order valence-corrected chi connectivity index (χ1v) is 35.2. The standard InChI is InChI=1S/C71H88N14O8S2/c1-42-49-13-12-24-83(62(49)80-79-61(42)78-66-75-52-14-10-11-15-54(52)95-66)55-21-20-50(58(76-55)65(91)92)51-32-73-85(45(51)4)40-70-35-68(8)34-69(9,36-70)38-71(37-68,39-70)93-30-29-81-25-27-82(28-26-81)57(88)23-22-56(87)77-60(67(5,6)7)64(90)84-33-48(86)31-53(84)63(89)74-43(2)46-16-18-47(19-17-46)59-44(3)72-41-94-59/h10-11,14-21,32,41,43,48,53,60,86H,12-13,22-31,33-40H2,1-9H3,(H,74,89)(H,77,87)(H,91,92)(H,75,78,79)/t43-,48+,53-,60+,68?,69?,70?,71?/m0/s1. The van der Waals surface area contributed by atoms with E-state index in [1.165, 1.54) is 4.90 Å². The number of carboxylic acid groups (broad SMARTS) is 1. The number of pyridine rings is 1. The van der Waals surface area contributed by atoms with Crippen LogP contribution in [-0.2, 0) is 36.9 Å². The first-order valence-electron chi connectivity index (χ1n) is 33.5. The second kappa shape index (κ2) is 25.7. The molecule has 0 spiro atoms. The van der Waals surface area contributed by atoms with Crippen LogP contribution in [0.2, 0.25) is 0 Å². The van der Waals surface area contributed by atoms with Gasteiger partial charge in [0.1, 0.15) is 17.9 Å². The number of likely N-dealkylation sites (tertiary alicyclic amines) is 1. The number of benzene rings is 2. The van der Waals surface area contributed by atoms with E-state index >= 15 is 0 Å². The van der Waals surface area contributed by atoms with Gasteiger partial charge in [-0.3, -0.25) is 28.8 Å². The van der Waals surface area contributed by atoms with Crippen LogP contribution in [0.25, 0.3) is 31.8 Å². The number of fused-ring (bicyclic) bond motifs is 2. The van der Waals surface area contributed by atoms with Gasteiger partial charge in [-0.15, -0.1) is 21.5 Å². The molecule has 5 N–H and O–H groups in total. The molecule has 22 nitrogen and oxygen atoms in total. The molecule has 4 bridgehead atoms. The lowest BCUT2D eigenvalue weighted by molar-refractivity contribution is -0.249. The normalized spacial score (nSPS) is 24.8. The fourth-order valence-electron chi connectivity index (χ4n) is 17.5. The number of nitrogens with one attached hydrogen (secondary N) is 3. The van der Waals surface area contributed by atoms with Crippen molar-refractivity contribution in [3.8, 4) is 21.6 Å². The zero-order chi connectivity index (χ0) is 66.9. The van der Waals surface area contributed by atoms with Crippen LogP contribution in [0.15, 0.2) is 72.4 Å². The van der Waals surface area contributed by atoms with Crippen molar-refractivity contribution >= 4 is 85.1 Å². The summed E-state index contributed by atoms with van der Waals surface area (Å²) in [6, 6.07) is 17.4. The molecule has 14 rings (SSSR count). The molecule has 4 saturated carbocycles. The van der Waals surface area contributed by atoms with Crippen molar-refractivity contribution in [1.29, 1.82) is 0 Å². The van der Waals surface area contributed by atoms with E-state index in [9.17, 15) is 34.2 Å². The van der Waals surface area contributed by atoms with Gasteiger partial charge in [0.05, 0.1) is 56.8 Å². The third-order valence-corrected chi connectivity index (χ3v) is 22.9. The Kier molecular flexibility index (Phi) is 17.8. The predicted octanol–water partition coefficient (Wildman–Crippen LogP) is 10.3. The summed E-state index contributed by atoms with van der Waals surface area (Å²) >= 11 is 3.13. The third-order valence-electron chi connectivity index (χ3n) is 21.0. The van der Waals surface area contributed by atoms with Crippen molar-refractivity contribution in [2.45, 2.75) is 169 Å². The number of carbonyl (C=O) groups excluding carboxylic acids is 4. The number of carboxylic acids is 1. The third kappa shape index (κ3) is 13.5. The highest BCUT2D eigenvalue weighted by Crippen LogP contribution is 2.72. The summed E-state index contributed by atoms with van der Waals surface area (Å²) in [4.78, 5) is 91.3. The van der Waals surface area contributed by atoms with Crippen molar-refractivity contribution in [1.82, 2.24) is 60.3 Å². The second-order valence-electron chi connectivity index (χ2n) is 29.8. The molecule has 0 radical (unpaired) electrons. The zero-order valence-electron chi connectivity index (χ0n) is 56.0. The Morgan fingerprint density at radius 2 is 1.59 bits per heavy atom. The van der Waals surface area contributed by atoms with Crippen LogP contribution in [0, 0.1) is 42.4 Å². The van der Waals surface area contributed by atoms with Crippen molar-refractivity contribution < 1.29 is 38.9 Å². The van der Waals surface area contributed by atoms with E-state index in [1.54, 1.807) is 28.9 Å². The largest absolute Gasteiger partial charge is 0.476 e. The number of aromatic nitrogens is 7. The fraction of sp³-hybridized carbons (Fsp3) is 0.535. The predicted molar refractivity (Wildman–Crippen MR) is 366 cm³/mol. The van der Waals surface area contributed by atoms with Gasteiger partial charge >= 0.3 is 5.97 Å². The number of para-hydroxylation sites is 1. The Morgan fingerprint density at radius 1 is 0.842 bits per heavy atom. The fourth-order valence-corrected chi connectivity index (χ4v) is 19.2. The van der Waals surface area contributed by atoms with Crippen molar-refractivity contribution in [3.63, 3.8) is 0 Å². The van der Waals surface area contributed by atoms with Gasteiger partial charge in [0.2, 0.25) is 23.6 Å². The number of aryl methyl sites for hydroxylation is 1. The Hall–Kier alpha value is -7.77. The van der Waals surface area contributed by atoms with Gasteiger partial charge in [0.15, 0.2) is 22.5 Å². The van der Waals surface area contributed by atoms with Gasteiger partial charge in [0.25, 0.3) is 0 Å². The number of piperazine rings is 1. The van der Waals surface area contributed by atoms with Crippen LogP contribution < -0.4 is 20.9 Å². The Labute approximate surface area is 562 Å². The van der Waals surface area contributed by atoms with Crippen LogP contribution in [-0.4, -0.2) is 166 Å². The summed E-state index contributed by atoms with van der Waals surface area (Å²) in [5, 5.41) is 46.0. The summed E-state index contributed by atoms with van der Waals surface area (Å²) in [6.07, 6.45) is 8.68. The summed E-state index contributed by atoms with van der Waals surface area (Å²) < 4.78 is 10.4. The minimum absolute atomic E-state index is 0.0102. The molecule has 4 aliphatic carbocycles. The molecule has 8 heterocycles. The van der Waals surface area contributed by atoms with Crippen molar-refractivity contribution in [2.75, 3.05) is 62.6 Å². The molecule has 6 atom stereocenters. The minimum atomic E-state index is -1.12. The average Bonchev–Trinajstić information content (AvgIpc) is 0.926. The van der Waals surface area contributed by atoms with Gasteiger partial charge < -0.3 is 45.6 Å². The summed E-state index contributed by atoms with van der Waals surface area (Å²) in [7, 11) is 0. The molecule has 24 heteroatoms. The van der Waals surface area contributed by atoms with Gasteiger partial charge in [-0.25, -0.2) is 19.7 Å². The molecule has 502 valence electrons. The number of aliphatic hydroxyl groups is 1. The SMILES string of the molecule is Cc1ncsc1-c1ccc([C@H](C)NC(=O)[C@@H]2C[C@@H](O)CN2C(=O)[C@@H](NC(=O)CCC(=O)N2CCN(CCOC34CC5(C)CC(C)(CC(Cn6ncc(-c7ccc(N8CCCc9c8nnc(Nc8nc%10ccccc%10s8)c9C)nc7C(=O)O)c6C)(C5)C3)C4)CC2)C(C)(C)C)cc1. The number of rotatable bonds is 20. The van der Waals surface area contributed by atoms with Crippen molar-refractivity contribution in [3.05, 3.63) is 106 Å². The first kappa shape index (κ1) is 65.9. The second-order valence-corrected chi connectivity index (χ2v) is 31.7. The van der Waals surface area contributed by atoms with E-state index < -0.39 is 41.4 Å².